The number of nitrogens with zero attached hydrogens (tertiary/aromatic N) is 2. The van der Waals surface area contributed by atoms with E-state index in [1.807, 2.05) is 11.6 Å². The fourth-order valence-corrected chi connectivity index (χ4v) is 5.44. The number of rotatable bonds is 2. The third-order valence-electron chi connectivity index (χ3n) is 4.74. The van der Waals surface area contributed by atoms with E-state index in [9.17, 15) is 4.79 Å². The third kappa shape index (κ3) is 2.46. The largest absolute Gasteiger partial charge is 0.388 e. The summed E-state index contributed by atoms with van der Waals surface area (Å²) in [7, 11) is 1.91. The van der Waals surface area contributed by atoms with Gasteiger partial charge >= 0.3 is 0 Å². The molecule has 2 aromatic heterocycles. The van der Waals surface area contributed by atoms with Gasteiger partial charge in [-0.2, -0.15) is 0 Å². The molecule has 0 saturated heterocycles. The molecule has 0 bridgehead atoms. The second-order valence-electron chi connectivity index (χ2n) is 6.08. The summed E-state index contributed by atoms with van der Waals surface area (Å²) in [5, 5.41) is 4.30. The monoisotopic (exact) mass is 439 g/mol. The maximum absolute atomic E-state index is 13.0. The molecule has 3 aromatic rings. The van der Waals surface area contributed by atoms with Gasteiger partial charge in [0.15, 0.2) is 0 Å². The van der Waals surface area contributed by atoms with Gasteiger partial charge in [0.2, 0.25) is 0 Å². The van der Waals surface area contributed by atoms with Crippen molar-refractivity contribution in [2.24, 2.45) is 0 Å². The number of hydrogen-bond donors (Lipinski definition) is 1. The Morgan fingerprint density at radius 1 is 1.26 bits per heavy atom. The van der Waals surface area contributed by atoms with E-state index < -0.39 is 0 Å². The second-order valence-corrected chi connectivity index (χ2v) is 8.26. The number of hydrogen-bond acceptors (Lipinski definition) is 4. The van der Waals surface area contributed by atoms with E-state index in [4.69, 9.17) is 0 Å². The van der Waals surface area contributed by atoms with Gasteiger partial charge in [0.25, 0.3) is 5.56 Å². The fraction of sp³-hybridized carbons (Fsp3) is 0.412. The van der Waals surface area contributed by atoms with Gasteiger partial charge in [0, 0.05) is 27.7 Å². The Morgan fingerprint density at radius 3 is 2.78 bits per heavy atom. The summed E-state index contributed by atoms with van der Waals surface area (Å²) in [6.07, 6.45) is 7.67. The molecular weight excluding hydrogens is 421 g/mol. The Balaban J connectivity index is 1.99. The van der Waals surface area contributed by atoms with Crippen LogP contribution in [0.15, 0.2) is 23.3 Å². The Hall–Kier alpha value is -1.15. The van der Waals surface area contributed by atoms with Crippen LogP contribution < -0.4 is 10.9 Å². The first kappa shape index (κ1) is 15.4. The number of nitrogens with one attached hydrogen (secondary N) is 1. The maximum Gasteiger partial charge on any atom is 0.271 e. The van der Waals surface area contributed by atoms with Gasteiger partial charge in [-0.05, 0) is 47.6 Å². The first-order chi connectivity index (χ1) is 11.2. The molecular formula is C17H18IN3OS. The number of fused-ring (bicyclic) bond motifs is 3. The quantitative estimate of drug-likeness (QED) is 0.586. The molecule has 1 fully saturated rings. The topological polar surface area (TPSA) is 46.9 Å². The van der Waals surface area contributed by atoms with E-state index in [1.165, 1.54) is 22.8 Å². The average molecular weight is 439 g/mol. The molecule has 1 aromatic carbocycles. The van der Waals surface area contributed by atoms with Crippen molar-refractivity contribution in [2.75, 3.05) is 12.4 Å². The van der Waals surface area contributed by atoms with Crippen molar-refractivity contribution in [2.45, 2.75) is 38.1 Å². The van der Waals surface area contributed by atoms with Crippen LogP contribution in [0.4, 0.5) is 5.69 Å². The molecule has 1 N–H and O–H groups in total. The summed E-state index contributed by atoms with van der Waals surface area (Å²) in [6, 6.07) is 4.47. The van der Waals surface area contributed by atoms with E-state index in [0.29, 0.717) is 6.04 Å². The molecule has 2 heterocycles. The molecule has 6 heteroatoms. The standard InChI is InChI=1S/C17H18IN3OS/c1-19-12-8-7-11(18)15-13(12)14-16(23-15)17(22)21(9-20-14)10-5-3-2-4-6-10/h7-10,19H,2-6H2,1H3. The summed E-state index contributed by atoms with van der Waals surface area (Å²) >= 11 is 3.91. The van der Waals surface area contributed by atoms with Gasteiger partial charge < -0.3 is 5.32 Å². The van der Waals surface area contributed by atoms with Crippen LogP contribution in [0.1, 0.15) is 38.1 Å². The molecule has 0 spiro atoms. The molecule has 0 atom stereocenters. The number of halogens is 1. The van der Waals surface area contributed by atoms with E-state index >= 15 is 0 Å². The minimum atomic E-state index is 0.126. The molecule has 4 rings (SSSR count). The average Bonchev–Trinajstić information content (AvgIpc) is 2.98. The Kier molecular flexibility index (Phi) is 4.05. The Bertz CT molecular complexity index is 940. The predicted molar refractivity (Wildman–Crippen MR) is 106 cm³/mol. The van der Waals surface area contributed by atoms with E-state index in [1.54, 1.807) is 17.7 Å². The molecule has 0 aliphatic heterocycles. The summed E-state index contributed by atoms with van der Waals surface area (Å²) in [5.41, 5.74) is 2.00. The zero-order chi connectivity index (χ0) is 16.0. The highest BCUT2D eigenvalue weighted by Crippen LogP contribution is 2.38. The molecule has 1 aliphatic carbocycles. The first-order valence-electron chi connectivity index (χ1n) is 8.00. The zero-order valence-corrected chi connectivity index (χ0v) is 15.9. The highest BCUT2D eigenvalue weighted by atomic mass is 127. The van der Waals surface area contributed by atoms with Crippen LogP contribution in [0.2, 0.25) is 0 Å². The Morgan fingerprint density at radius 2 is 2.04 bits per heavy atom. The van der Waals surface area contributed by atoms with Crippen LogP contribution in [-0.4, -0.2) is 16.6 Å². The first-order valence-corrected chi connectivity index (χ1v) is 9.90. The number of anilines is 1. The van der Waals surface area contributed by atoms with Crippen molar-refractivity contribution in [3.05, 3.63) is 32.4 Å². The lowest BCUT2D eigenvalue weighted by molar-refractivity contribution is 0.345. The molecule has 120 valence electrons. The lowest BCUT2D eigenvalue weighted by atomic mass is 9.95. The number of benzene rings is 1. The molecule has 1 saturated carbocycles. The Labute approximate surface area is 152 Å². The maximum atomic E-state index is 13.0. The van der Waals surface area contributed by atoms with Crippen molar-refractivity contribution in [3.8, 4) is 0 Å². The summed E-state index contributed by atoms with van der Waals surface area (Å²) in [6.45, 7) is 0. The van der Waals surface area contributed by atoms with Crippen molar-refractivity contribution < 1.29 is 0 Å². The molecule has 0 unspecified atom stereocenters. The number of thiophene rings is 1. The van der Waals surface area contributed by atoms with Gasteiger partial charge in [0.05, 0.1) is 16.5 Å². The highest BCUT2D eigenvalue weighted by Gasteiger charge is 2.20. The van der Waals surface area contributed by atoms with Crippen LogP contribution in [0.3, 0.4) is 0 Å². The fourth-order valence-electron chi connectivity index (χ4n) is 3.54. The second kappa shape index (κ2) is 6.05. The lowest BCUT2D eigenvalue weighted by Crippen LogP contribution is -2.26. The molecule has 4 nitrogen and oxygen atoms in total. The minimum absolute atomic E-state index is 0.126. The summed E-state index contributed by atoms with van der Waals surface area (Å²) < 4.78 is 4.98. The van der Waals surface area contributed by atoms with Gasteiger partial charge in [-0.25, -0.2) is 4.98 Å². The van der Waals surface area contributed by atoms with Crippen LogP contribution in [-0.2, 0) is 0 Å². The molecule has 0 radical (unpaired) electrons. The van der Waals surface area contributed by atoms with Gasteiger partial charge in [0.1, 0.15) is 4.70 Å². The predicted octanol–water partition coefficient (Wildman–Crippen LogP) is 4.76. The van der Waals surface area contributed by atoms with Gasteiger partial charge in [-0.15, -0.1) is 11.3 Å². The van der Waals surface area contributed by atoms with Crippen LogP contribution >= 0.6 is 33.9 Å². The van der Waals surface area contributed by atoms with Crippen molar-refractivity contribution in [1.82, 2.24) is 9.55 Å². The molecule has 1 aliphatic rings. The van der Waals surface area contributed by atoms with Crippen LogP contribution in [0, 0.1) is 3.57 Å². The van der Waals surface area contributed by atoms with Crippen LogP contribution in [0.5, 0.6) is 0 Å². The molecule has 23 heavy (non-hydrogen) atoms. The van der Waals surface area contributed by atoms with Gasteiger partial charge in [-0.3, -0.25) is 9.36 Å². The van der Waals surface area contributed by atoms with Crippen molar-refractivity contribution in [3.63, 3.8) is 0 Å². The van der Waals surface area contributed by atoms with E-state index in [2.05, 4.69) is 45.0 Å². The lowest BCUT2D eigenvalue weighted by Gasteiger charge is -2.23. The van der Waals surface area contributed by atoms with E-state index in [0.717, 1.165) is 38.8 Å². The number of aromatic nitrogens is 2. The summed E-state index contributed by atoms with van der Waals surface area (Å²) in [5.74, 6) is 0. The van der Waals surface area contributed by atoms with E-state index in [-0.39, 0.29) is 5.56 Å². The summed E-state index contributed by atoms with van der Waals surface area (Å²) in [4.78, 5) is 17.7. The SMILES string of the molecule is CNc1ccc(I)c2sc3c(=O)n(C4CCCCC4)cnc3c12. The minimum Gasteiger partial charge on any atom is -0.388 e. The smallest absolute Gasteiger partial charge is 0.271 e. The van der Waals surface area contributed by atoms with Crippen molar-refractivity contribution in [1.29, 1.82) is 0 Å². The third-order valence-corrected chi connectivity index (χ3v) is 7.21. The van der Waals surface area contributed by atoms with Gasteiger partial charge in [-0.1, -0.05) is 19.3 Å². The highest BCUT2D eigenvalue weighted by molar-refractivity contribution is 14.1. The van der Waals surface area contributed by atoms with Crippen molar-refractivity contribution >= 4 is 59.9 Å². The normalized spacial score (nSPS) is 16.3. The zero-order valence-electron chi connectivity index (χ0n) is 12.9. The van der Waals surface area contributed by atoms with Crippen LogP contribution in [0.25, 0.3) is 20.3 Å². The molecule has 0 amide bonds.